The second kappa shape index (κ2) is 11.6. The van der Waals surface area contributed by atoms with E-state index >= 15 is 0 Å². The maximum Gasteiger partial charge on any atom is 0.408 e. The highest BCUT2D eigenvalue weighted by atomic mass is 32.2. The van der Waals surface area contributed by atoms with Crippen molar-refractivity contribution < 1.29 is 27.5 Å². The summed E-state index contributed by atoms with van der Waals surface area (Å²) in [6.07, 6.45) is 6.76. The molecule has 10 nitrogen and oxygen atoms in total. The Morgan fingerprint density at radius 1 is 1.02 bits per heavy atom. The van der Waals surface area contributed by atoms with E-state index in [0.29, 0.717) is 49.8 Å². The molecule has 3 aliphatic rings. The summed E-state index contributed by atoms with van der Waals surface area (Å²) in [5.41, 5.74) is -0.359. The van der Waals surface area contributed by atoms with Gasteiger partial charge in [-0.15, -0.1) is 0 Å². The molecule has 1 aliphatic heterocycles. The van der Waals surface area contributed by atoms with Crippen LogP contribution in [0.1, 0.15) is 96.1 Å². The number of anilines is 1. The maximum atomic E-state index is 13.4. The molecule has 2 amide bonds. The minimum Gasteiger partial charge on any atom is -0.477 e. The quantitative estimate of drug-likeness (QED) is 0.409. The normalized spacial score (nSPS) is 22.1. The molecule has 2 saturated carbocycles. The highest BCUT2D eigenvalue weighted by Crippen LogP contribution is 2.46. The lowest BCUT2D eigenvalue weighted by atomic mass is 9.83. The van der Waals surface area contributed by atoms with E-state index in [0.717, 1.165) is 24.0 Å². The molecule has 1 aromatic carbocycles. The van der Waals surface area contributed by atoms with Gasteiger partial charge in [0.25, 0.3) is 15.9 Å². The molecule has 1 atom stereocenters. The van der Waals surface area contributed by atoms with Gasteiger partial charge in [-0.1, -0.05) is 43.5 Å². The van der Waals surface area contributed by atoms with Gasteiger partial charge in [-0.05, 0) is 83.1 Å². The molecule has 0 bridgehead atoms. The van der Waals surface area contributed by atoms with Gasteiger partial charge < -0.3 is 19.7 Å². The van der Waals surface area contributed by atoms with Crippen LogP contribution in [0.4, 0.5) is 10.6 Å². The molecular formula is C32H44N4O6S. The van der Waals surface area contributed by atoms with Crippen molar-refractivity contribution in [1.82, 2.24) is 15.0 Å². The molecular weight excluding hydrogens is 568 g/mol. The van der Waals surface area contributed by atoms with Crippen molar-refractivity contribution in [2.24, 2.45) is 0 Å². The second-order valence-corrected chi connectivity index (χ2v) is 15.2. The zero-order valence-corrected chi connectivity index (χ0v) is 26.7. The van der Waals surface area contributed by atoms with E-state index in [-0.39, 0.29) is 5.03 Å². The first-order valence-corrected chi connectivity index (χ1v) is 16.8. The third-order valence-corrected chi connectivity index (χ3v) is 9.75. The van der Waals surface area contributed by atoms with Crippen LogP contribution in [0.15, 0.2) is 41.4 Å². The number of amides is 2. The third kappa shape index (κ3) is 7.25. The number of nitrogens with one attached hydrogen (secondary N) is 2. The SMILES string of the molecule is Cc1cccc(C2CCCCC2)c1OC1(C(=O)NS(=O)(=O)c2cccc(N3CCC(C)(NC(=O)OC(C)(C)C)C3)n2)CC1. The molecule has 43 heavy (non-hydrogen) atoms. The fourth-order valence-corrected chi connectivity index (χ4v) is 7.05. The summed E-state index contributed by atoms with van der Waals surface area (Å²) in [7, 11) is -4.26. The van der Waals surface area contributed by atoms with Crippen molar-refractivity contribution in [3.63, 3.8) is 0 Å². The molecule has 234 valence electrons. The lowest BCUT2D eigenvalue weighted by Gasteiger charge is -2.28. The molecule has 0 spiro atoms. The van der Waals surface area contributed by atoms with E-state index in [4.69, 9.17) is 9.47 Å². The number of alkyl carbamates (subject to hydrolysis) is 1. The fraction of sp³-hybridized carbons (Fsp3) is 0.594. The second-order valence-electron chi connectivity index (χ2n) is 13.6. The zero-order chi connectivity index (χ0) is 31.0. The van der Waals surface area contributed by atoms with E-state index in [2.05, 4.69) is 21.1 Å². The van der Waals surface area contributed by atoms with Gasteiger partial charge in [0.15, 0.2) is 10.6 Å². The summed E-state index contributed by atoms with van der Waals surface area (Å²) in [5, 5.41) is 2.69. The van der Waals surface area contributed by atoms with Gasteiger partial charge in [-0.3, -0.25) is 4.79 Å². The number of carbonyl (C=O) groups is 2. The maximum absolute atomic E-state index is 13.4. The predicted octanol–water partition coefficient (Wildman–Crippen LogP) is 5.35. The summed E-state index contributed by atoms with van der Waals surface area (Å²) in [5.74, 6) is 0.855. The van der Waals surface area contributed by atoms with Crippen molar-refractivity contribution in [3.05, 3.63) is 47.5 Å². The van der Waals surface area contributed by atoms with Crippen molar-refractivity contribution >= 4 is 27.8 Å². The first-order valence-electron chi connectivity index (χ1n) is 15.3. The molecule has 2 aliphatic carbocycles. The number of rotatable bonds is 8. The fourth-order valence-electron chi connectivity index (χ4n) is 6.04. The van der Waals surface area contributed by atoms with E-state index in [1.165, 1.54) is 25.3 Å². The number of carbonyl (C=O) groups excluding carboxylic acids is 2. The van der Waals surface area contributed by atoms with Gasteiger partial charge in [0.05, 0.1) is 5.54 Å². The smallest absolute Gasteiger partial charge is 0.408 e. The Balaban J connectivity index is 1.27. The van der Waals surface area contributed by atoms with Crippen LogP contribution in [0.2, 0.25) is 0 Å². The molecule has 2 aromatic rings. The standard InChI is InChI=1S/C32H44N4O6S/c1-22-11-9-14-24(23-12-7-6-8-13-23)27(22)41-32(17-18-32)28(37)35-43(39,40)26-16-10-15-25(33-26)36-20-19-31(5,21-36)34-29(38)42-30(2,3)4/h9-11,14-16,23H,6-8,12-13,17-21H2,1-5H3,(H,34,38)(H,35,37). The lowest BCUT2D eigenvalue weighted by Crippen LogP contribution is -2.49. The minimum atomic E-state index is -4.26. The van der Waals surface area contributed by atoms with Crippen LogP contribution >= 0.6 is 0 Å². The van der Waals surface area contributed by atoms with E-state index in [9.17, 15) is 18.0 Å². The number of para-hydroxylation sites is 1. The van der Waals surface area contributed by atoms with Crippen molar-refractivity contribution in [2.75, 3.05) is 18.0 Å². The molecule has 0 radical (unpaired) electrons. The monoisotopic (exact) mass is 612 g/mol. The average molecular weight is 613 g/mol. The van der Waals surface area contributed by atoms with Crippen LogP contribution in [0.25, 0.3) is 0 Å². The summed E-state index contributed by atoms with van der Waals surface area (Å²) in [6.45, 7) is 10.3. The van der Waals surface area contributed by atoms with Gasteiger partial charge in [0.2, 0.25) is 0 Å². The number of sulfonamides is 1. The van der Waals surface area contributed by atoms with Gasteiger partial charge in [-0.25, -0.2) is 14.5 Å². The summed E-state index contributed by atoms with van der Waals surface area (Å²) in [4.78, 5) is 32.1. The topological polar surface area (TPSA) is 127 Å². The third-order valence-electron chi connectivity index (χ3n) is 8.51. The number of pyridine rings is 1. The van der Waals surface area contributed by atoms with Gasteiger partial charge in [0, 0.05) is 25.9 Å². The van der Waals surface area contributed by atoms with Crippen molar-refractivity contribution in [3.8, 4) is 5.75 Å². The molecule has 2 N–H and O–H groups in total. The Bertz CT molecular complexity index is 1480. The Hall–Kier alpha value is -3.34. The van der Waals surface area contributed by atoms with Crippen molar-refractivity contribution in [2.45, 2.75) is 114 Å². The number of aromatic nitrogens is 1. The number of hydrogen-bond donors (Lipinski definition) is 2. The largest absolute Gasteiger partial charge is 0.477 e. The molecule has 3 fully saturated rings. The number of benzene rings is 1. The van der Waals surface area contributed by atoms with Gasteiger partial charge in [0.1, 0.15) is 17.2 Å². The van der Waals surface area contributed by atoms with Crippen LogP contribution < -0.4 is 19.7 Å². The zero-order valence-electron chi connectivity index (χ0n) is 25.9. The molecule has 5 rings (SSSR count). The molecule has 1 aromatic heterocycles. The predicted molar refractivity (Wildman–Crippen MR) is 164 cm³/mol. The van der Waals surface area contributed by atoms with Gasteiger partial charge >= 0.3 is 6.09 Å². The Morgan fingerprint density at radius 2 is 1.72 bits per heavy atom. The van der Waals surface area contributed by atoms with E-state index in [1.54, 1.807) is 32.9 Å². The number of nitrogens with zero attached hydrogens (tertiary/aromatic N) is 2. The van der Waals surface area contributed by atoms with Crippen LogP contribution in [-0.4, -0.2) is 55.2 Å². The molecule has 1 saturated heterocycles. The minimum absolute atomic E-state index is 0.248. The number of hydrogen-bond acceptors (Lipinski definition) is 8. The van der Waals surface area contributed by atoms with Gasteiger partial charge in [-0.2, -0.15) is 8.42 Å². The highest BCUT2D eigenvalue weighted by molar-refractivity contribution is 7.90. The van der Waals surface area contributed by atoms with Crippen LogP contribution in [-0.2, 0) is 19.6 Å². The number of aryl methyl sites for hydroxylation is 1. The molecule has 2 heterocycles. The molecule has 11 heteroatoms. The molecule has 1 unspecified atom stereocenters. The van der Waals surface area contributed by atoms with E-state index in [1.807, 2.05) is 30.9 Å². The first kappa shape index (κ1) is 31.1. The Labute approximate surface area is 255 Å². The first-order chi connectivity index (χ1) is 20.2. The highest BCUT2D eigenvalue weighted by Gasteiger charge is 2.55. The average Bonchev–Trinajstić information content (AvgIpc) is 3.63. The van der Waals surface area contributed by atoms with Crippen molar-refractivity contribution in [1.29, 1.82) is 0 Å². The Kier molecular flexibility index (Phi) is 8.41. The van der Waals surface area contributed by atoms with Crippen LogP contribution in [0, 0.1) is 6.92 Å². The summed E-state index contributed by atoms with van der Waals surface area (Å²) in [6, 6.07) is 10.8. The Morgan fingerprint density at radius 3 is 2.40 bits per heavy atom. The van der Waals surface area contributed by atoms with E-state index < -0.39 is 38.8 Å². The summed E-state index contributed by atoms with van der Waals surface area (Å²) >= 11 is 0. The van der Waals surface area contributed by atoms with Crippen LogP contribution in [0.5, 0.6) is 5.75 Å². The van der Waals surface area contributed by atoms with Crippen LogP contribution in [0.3, 0.4) is 0 Å². The summed E-state index contributed by atoms with van der Waals surface area (Å²) < 4.78 is 40.8. The lowest BCUT2D eigenvalue weighted by molar-refractivity contribution is -0.128. The number of ether oxygens (including phenoxy) is 2.